The van der Waals surface area contributed by atoms with Crippen molar-refractivity contribution in [3.8, 4) is 0 Å². The summed E-state index contributed by atoms with van der Waals surface area (Å²) in [6, 6.07) is 2.77. The van der Waals surface area contributed by atoms with Crippen LogP contribution in [0, 0.1) is 0 Å². The molecule has 1 heterocycles. The topological polar surface area (TPSA) is 49.8 Å². The van der Waals surface area contributed by atoms with E-state index in [9.17, 15) is 4.79 Å². The molecule has 5 heteroatoms. The monoisotopic (exact) mass is 281 g/mol. The lowest BCUT2D eigenvalue weighted by Crippen LogP contribution is -2.28. The predicted molar refractivity (Wildman–Crippen MR) is 76.3 cm³/mol. The molecule has 0 spiro atoms. The van der Waals surface area contributed by atoms with Gasteiger partial charge in [0.1, 0.15) is 0 Å². The van der Waals surface area contributed by atoms with Crippen LogP contribution in [0.1, 0.15) is 23.3 Å². The zero-order valence-corrected chi connectivity index (χ0v) is 11.9. The molecule has 4 nitrogen and oxygen atoms in total. The van der Waals surface area contributed by atoms with Crippen LogP contribution in [-0.2, 0) is 16.1 Å². The summed E-state index contributed by atoms with van der Waals surface area (Å²) in [5.41, 5.74) is 0.963. The van der Waals surface area contributed by atoms with E-state index >= 15 is 0 Å². The van der Waals surface area contributed by atoms with Crippen molar-refractivity contribution in [3.05, 3.63) is 28.0 Å². The molecular formula is C14H19NO3S. The van der Waals surface area contributed by atoms with Crippen molar-refractivity contribution < 1.29 is 14.6 Å². The third kappa shape index (κ3) is 4.78. The first kappa shape index (κ1) is 14.2. The number of hydrogen-bond donors (Lipinski definition) is 1. The summed E-state index contributed by atoms with van der Waals surface area (Å²) in [5, 5.41) is 10.6. The van der Waals surface area contributed by atoms with Crippen LogP contribution in [0.4, 0.5) is 0 Å². The standard InChI is InChI=1S/C14H19NO3S/c1-18-7-6-15(12-3-4-12)9-13-8-11(10-19-13)2-5-14(16)17/h2,5,8,10,12H,3-4,6-7,9H2,1H3,(H,16,17). The normalized spacial score (nSPS) is 15.5. The summed E-state index contributed by atoms with van der Waals surface area (Å²) in [4.78, 5) is 14.2. The Labute approximate surface area is 117 Å². The van der Waals surface area contributed by atoms with Gasteiger partial charge in [-0.05, 0) is 35.9 Å². The Morgan fingerprint density at radius 1 is 1.63 bits per heavy atom. The molecule has 1 aromatic heterocycles. The van der Waals surface area contributed by atoms with Gasteiger partial charge in [0.05, 0.1) is 6.61 Å². The molecule has 1 saturated carbocycles. The fourth-order valence-electron chi connectivity index (χ4n) is 1.97. The summed E-state index contributed by atoms with van der Waals surface area (Å²) in [6.45, 7) is 2.65. The van der Waals surface area contributed by atoms with E-state index in [4.69, 9.17) is 9.84 Å². The van der Waals surface area contributed by atoms with Gasteiger partial charge in [-0.2, -0.15) is 0 Å². The van der Waals surface area contributed by atoms with Crippen molar-refractivity contribution in [1.29, 1.82) is 0 Å². The lowest BCUT2D eigenvalue weighted by molar-refractivity contribution is -0.131. The van der Waals surface area contributed by atoms with Crippen LogP contribution in [-0.4, -0.2) is 42.3 Å². The number of aliphatic carboxylic acids is 1. The Bertz CT molecular complexity index is 451. The fourth-order valence-corrected chi connectivity index (χ4v) is 2.85. The largest absolute Gasteiger partial charge is 0.478 e. The molecule has 0 bridgehead atoms. The van der Waals surface area contributed by atoms with Gasteiger partial charge < -0.3 is 9.84 Å². The Morgan fingerprint density at radius 3 is 3.05 bits per heavy atom. The first-order valence-corrected chi connectivity index (χ1v) is 7.28. The van der Waals surface area contributed by atoms with Gasteiger partial charge >= 0.3 is 5.97 Å². The molecule has 1 aromatic rings. The zero-order chi connectivity index (χ0) is 13.7. The first-order valence-electron chi connectivity index (χ1n) is 6.40. The summed E-state index contributed by atoms with van der Waals surface area (Å²) in [6.07, 6.45) is 5.37. The molecule has 0 unspecified atom stereocenters. The zero-order valence-electron chi connectivity index (χ0n) is 11.0. The van der Waals surface area contributed by atoms with E-state index in [2.05, 4.69) is 11.0 Å². The number of hydrogen-bond acceptors (Lipinski definition) is 4. The van der Waals surface area contributed by atoms with Gasteiger partial charge in [-0.25, -0.2) is 4.79 Å². The van der Waals surface area contributed by atoms with Gasteiger partial charge in [0.2, 0.25) is 0 Å². The quantitative estimate of drug-likeness (QED) is 0.744. The average molecular weight is 281 g/mol. The summed E-state index contributed by atoms with van der Waals surface area (Å²) >= 11 is 1.68. The van der Waals surface area contributed by atoms with E-state index in [0.29, 0.717) is 6.04 Å². The molecule has 0 atom stereocenters. The second-order valence-corrected chi connectivity index (χ2v) is 5.71. The smallest absolute Gasteiger partial charge is 0.328 e. The van der Waals surface area contributed by atoms with E-state index in [0.717, 1.165) is 25.3 Å². The molecule has 19 heavy (non-hydrogen) atoms. The molecule has 1 aliphatic rings. The molecule has 104 valence electrons. The highest BCUT2D eigenvalue weighted by Gasteiger charge is 2.28. The van der Waals surface area contributed by atoms with Crippen LogP contribution in [0.5, 0.6) is 0 Å². The van der Waals surface area contributed by atoms with Crippen LogP contribution in [0.3, 0.4) is 0 Å². The van der Waals surface area contributed by atoms with Crippen molar-refractivity contribution in [3.63, 3.8) is 0 Å². The van der Waals surface area contributed by atoms with Crippen LogP contribution in [0.25, 0.3) is 6.08 Å². The van der Waals surface area contributed by atoms with E-state index in [-0.39, 0.29) is 0 Å². The molecule has 1 N–H and O–H groups in total. The summed E-state index contributed by atoms with van der Waals surface area (Å²) < 4.78 is 5.14. The van der Waals surface area contributed by atoms with Crippen LogP contribution >= 0.6 is 11.3 Å². The summed E-state index contributed by atoms with van der Waals surface area (Å²) in [5.74, 6) is -0.910. The molecular weight excluding hydrogens is 262 g/mol. The third-order valence-corrected chi connectivity index (χ3v) is 4.04. The predicted octanol–water partition coefficient (Wildman–Crippen LogP) is 2.46. The third-order valence-electron chi connectivity index (χ3n) is 3.10. The van der Waals surface area contributed by atoms with Crippen LogP contribution in [0.2, 0.25) is 0 Å². The number of carboxylic acids is 1. The number of carbonyl (C=O) groups is 1. The van der Waals surface area contributed by atoms with Crippen molar-refractivity contribution in [1.82, 2.24) is 4.90 Å². The number of rotatable bonds is 8. The number of nitrogens with zero attached hydrogens (tertiary/aromatic N) is 1. The number of methoxy groups -OCH3 is 1. The Morgan fingerprint density at radius 2 is 2.42 bits per heavy atom. The molecule has 0 aromatic carbocycles. The molecule has 0 amide bonds. The molecule has 0 saturated heterocycles. The fraction of sp³-hybridized carbons (Fsp3) is 0.500. The Hall–Kier alpha value is -1.17. The van der Waals surface area contributed by atoms with Crippen molar-refractivity contribution in [2.45, 2.75) is 25.4 Å². The highest BCUT2D eigenvalue weighted by Crippen LogP contribution is 2.29. The van der Waals surface area contributed by atoms with Crippen molar-refractivity contribution in [2.24, 2.45) is 0 Å². The van der Waals surface area contributed by atoms with Crippen LogP contribution < -0.4 is 0 Å². The van der Waals surface area contributed by atoms with E-state index < -0.39 is 5.97 Å². The second kappa shape index (κ2) is 6.84. The molecule has 0 radical (unpaired) electrons. The molecule has 1 fully saturated rings. The maximum Gasteiger partial charge on any atom is 0.328 e. The Kier molecular flexibility index (Phi) is 5.13. The number of carboxylic acid groups (broad SMARTS) is 1. The lowest BCUT2D eigenvalue weighted by Gasteiger charge is -2.20. The van der Waals surface area contributed by atoms with Crippen LogP contribution in [0.15, 0.2) is 17.5 Å². The van der Waals surface area contributed by atoms with Gasteiger partial charge in [-0.3, -0.25) is 4.90 Å². The van der Waals surface area contributed by atoms with Gasteiger partial charge in [-0.15, -0.1) is 11.3 Å². The molecule has 2 rings (SSSR count). The SMILES string of the molecule is COCCN(Cc1cc(C=CC(=O)O)cs1)C1CC1. The highest BCUT2D eigenvalue weighted by atomic mass is 32.1. The maximum absolute atomic E-state index is 10.5. The van der Waals surface area contributed by atoms with E-state index in [1.807, 2.05) is 5.38 Å². The molecule has 1 aliphatic carbocycles. The minimum Gasteiger partial charge on any atom is -0.478 e. The Balaban J connectivity index is 1.91. The van der Waals surface area contributed by atoms with Gasteiger partial charge in [-0.1, -0.05) is 0 Å². The van der Waals surface area contributed by atoms with Gasteiger partial charge in [0, 0.05) is 37.2 Å². The highest BCUT2D eigenvalue weighted by molar-refractivity contribution is 7.10. The van der Waals surface area contributed by atoms with Crippen molar-refractivity contribution in [2.75, 3.05) is 20.3 Å². The van der Waals surface area contributed by atoms with Crippen molar-refractivity contribution >= 4 is 23.4 Å². The maximum atomic E-state index is 10.5. The minimum absolute atomic E-state index is 0.704. The van der Waals surface area contributed by atoms with E-state index in [1.165, 1.54) is 23.8 Å². The number of ether oxygens (including phenoxy) is 1. The van der Waals surface area contributed by atoms with E-state index in [1.54, 1.807) is 24.5 Å². The summed E-state index contributed by atoms with van der Waals surface area (Å²) in [7, 11) is 1.73. The lowest BCUT2D eigenvalue weighted by atomic mass is 10.2. The van der Waals surface area contributed by atoms with Gasteiger partial charge in [0.25, 0.3) is 0 Å². The first-order chi connectivity index (χ1) is 9.19. The van der Waals surface area contributed by atoms with Gasteiger partial charge in [0.15, 0.2) is 0 Å². The average Bonchev–Trinajstić information content (AvgIpc) is 3.13. The molecule has 0 aliphatic heterocycles. The second-order valence-electron chi connectivity index (χ2n) is 4.71. The number of thiophene rings is 1. The minimum atomic E-state index is -0.910.